The van der Waals surface area contributed by atoms with Crippen molar-refractivity contribution in [1.29, 1.82) is 0 Å². The summed E-state index contributed by atoms with van der Waals surface area (Å²) in [6.07, 6.45) is 1.14. The van der Waals surface area contributed by atoms with Crippen LogP contribution in [0.2, 0.25) is 0 Å². The third-order valence-electron chi connectivity index (χ3n) is 3.18. The molecule has 0 fully saturated rings. The number of hydrogen-bond donors (Lipinski definition) is 0. The number of ether oxygens (including phenoxy) is 1. The van der Waals surface area contributed by atoms with E-state index in [1.807, 2.05) is 0 Å². The van der Waals surface area contributed by atoms with Crippen LogP contribution >= 0.6 is 0 Å². The van der Waals surface area contributed by atoms with Crippen LogP contribution in [0.4, 0.5) is 4.39 Å². The van der Waals surface area contributed by atoms with Crippen LogP contribution in [-0.4, -0.2) is 24.8 Å². The van der Waals surface area contributed by atoms with Crippen molar-refractivity contribution in [3.63, 3.8) is 0 Å². The molecule has 1 aromatic heterocycles. The van der Waals surface area contributed by atoms with Crippen molar-refractivity contribution < 1.29 is 22.1 Å². The molecule has 0 radical (unpaired) electrons. The molecule has 0 amide bonds. The van der Waals surface area contributed by atoms with Crippen molar-refractivity contribution in [1.82, 2.24) is 10.1 Å². The lowest BCUT2D eigenvalue weighted by molar-refractivity contribution is 0.287. The molecular formula is C16H13FN2O4S. The highest BCUT2D eigenvalue weighted by Gasteiger charge is 2.10. The summed E-state index contributed by atoms with van der Waals surface area (Å²) in [4.78, 5) is 4.38. The fraction of sp³-hybridized carbons (Fsp3) is 0.125. The van der Waals surface area contributed by atoms with E-state index < -0.39 is 9.84 Å². The Morgan fingerprint density at radius 2 is 1.75 bits per heavy atom. The molecule has 0 saturated heterocycles. The first kappa shape index (κ1) is 16.1. The van der Waals surface area contributed by atoms with Gasteiger partial charge in [-0.05, 0) is 48.5 Å². The van der Waals surface area contributed by atoms with Gasteiger partial charge in [0.2, 0.25) is 5.82 Å². The van der Waals surface area contributed by atoms with E-state index in [1.54, 1.807) is 12.1 Å². The standard InChI is InChI=1S/C16H13FN2O4S/c1-24(20,21)14-8-6-13(7-9-14)22-10-15-18-16(23-19-15)11-2-4-12(17)5-3-11/h2-9H,10H2,1H3. The van der Waals surface area contributed by atoms with Crippen LogP contribution in [0.5, 0.6) is 5.75 Å². The van der Waals surface area contributed by atoms with Gasteiger partial charge in [-0.3, -0.25) is 0 Å². The summed E-state index contributed by atoms with van der Waals surface area (Å²) >= 11 is 0. The first-order chi connectivity index (χ1) is 11.4. The second kappa shape index (κ2) is 6.40. The highest BCUT2D eigenvalue weighted by atomic mass is 32.2. The Morgan fingerprint density at radius 3 is 2.38 bits per heavy atom. The van der Waals surface area contributed by atoms with E-state index in [-0.39, 0.29) is 23.2 Å². The minimum atomic E-state index is -3.24. The smallest absolute Gasteiger partial charge is 0.258 e. The summed E-state index contributed by atoms with van der Waals surface area (Å²) in [6.45, 7) is 0.0584. The van der Waals surface area contributed by atoms with Gasteiger partial charge in [0, 0.05) is 11.8 Å². The Labute approximate surface area is 137 Å². The van der Waals surface area contributed by atoms with Crippen molar-refractivity contribution >= 4 is 9.84 Å². The topological polar surface area (TPSA) is 82.3 Å². The fourth-order valence-electron chi connectivity index (χ4n) is 1.95. The minimum Gasteiger partial charge on any atom is -0.485 e. The van der Waals surface area contributed by atoms with Gasteiger partial charge in [-0.2, -0.15) is 4.98 Å². The van der Waals surface area contributed by atoms with Gasteiger partial charge in [0.15, 0.2) is 16.4 Å². The number of benzene rings is 2. The first-order valence-electron chi connectivity index (χ1n) is 6.93. The summed E-state index contributed by atoms with van der Waals surface area (Å²) < 4.78 is 46.3. The van der Waals surface area contributed by atoms with Crippen molar-refractivity contribution in [2.24, 2.45) is 0 Å². The molecule has 8 heteroatoms. The first-order valence-corrected chi connectivity index (χ1v) is 8.82. The molecule has 0 spiro atoms. The van der Waals surface area contributed by atoms with Gasteiger partial charge in [-0.25, -0.2) is 12.8 Å². The van der Waals surface area contributed by atoms with Crippen LogP contribution in [0, 0.1) is 5.82 Å². The number of sulfone groups is 1. The summed E-state index contributed by atoms with van der Waals surface area (Å²) in [5, 5.41) is 3.79. The molecule has 6 nitrogen and oxygen atoms in total. The second-order valence-electron chi connectivity index (χ2n) is 5.05. The highest BCUT2D eigenvalue weighted by molar-refractivity contribution is 7.90. The zero-order chi connectivity index (χ0) is 17.2. The fourth-order valence-corrected chi connectivity index (χ4v) is 2.58. The van der Waals surface area contributed by atoms with Crippen LogP contribution in [0.25, 0.3) is 11.5 Å². The molecule has 0 bridgehead atoms. The Kier molecular flexibility index (Phi) is 4.30. The quantitative estimate of drug-likeness (QED) is 0.705. The highest BCUT2D eigenvalue weighted by Crippen LogP contribution is 2.19. The Hall–Kier alpha value is -2.74. The maximum absolute atomic E-state index is 12.9. The molecule has 0 unspecified atom stereocenters. The van der Waals surface area contributed by atoms with Gasteiger partial charge in [0.25, 0.3) is 5.89 Å². The van der Waals surface area contributed by atoms with E-state index in [9.17, 15) is 12.8 Å². The van der Waals surface area contributed by atoms with E-state index in [0.29, 0.717) is 17.1 Å². The normalized spacial score (nSPS) is 11.4. The molecule has 124 valence electrons. The largest absolute Gasteiger partial charge is 0.485 e. The predicted molar refractivity (Wildman–Crippen MR) is 83.6 cm³/mol. The van der Waals surface area contributed by atoms with E-state index in [0.717, 1.165) is 6.26 Å². The SMILES string of the molecule is CS(=O)(=O)c1ccc(OCc2noc(-c3ccc(F)cc3)n2)cc1. The summed E-state index contributed by atoms with van der Waals surface area (Å²) in [5.74, 6) is 0.720. The number of aromatic nitrogens is 2. The van der Waals surface area contributed by atoms with Crippen LogP contribution in [0.1, 0.15) is 5.82 Å². The van der Waals surface area contributed by atoms with Crippen LogP contribution < -0.4 is 4.74 Å². The molecule has 0 atom stereocenters. The molecule has 0 aliphatic rings. The second-order valence-corrected chi connectivity index (χ2v) is 7.07. The zero-order valence-electron chi connectivity index (χ0n) is 12.6. The molecule has 2 aromatic carbocycles. The van der Waals surface area contributed by atoms with Gasteiger partial charge in [-0.1, -0.05) is 5.16 Å². The van der Waals surface area contributed by atoms with Gasteiger partial charge >= 0.3 is 0 Å². The number of rotatable bonds is 5. The molecule has 0 aliphatic carbocycles. The lowest BCUT2D eigenvalue weighted by Gasteiger charge is -2.04. The monoisotopic (exact) mass is 348 g/mol. The molecule has 0 aliphatic heterocycles. The van der Waals surface area contributed by atoms with Gasteiger partial charge in [0.1, 0.15) is 11.6 Å². The number of hydrogen-bond acceptors (Lipinski definition) is 6. The Morgan fingerprint density at radius 1 is 1.08 bits per heavy atom. The van der Waals surface area contributed by atoms with Crippen LogP contribution in [0.3, 0.4) is 0 Å². The molecule has 0 saturated carbocycles. The van der Waals surface area contributed by atoms with Crippen molar-refractivity contribution in [2.45, 2.75) is 11.5 Å². The Balaban J connectivity index is 1.66. The average Bonchev–Trinajstić information content (AvgIpc) is 3.02. The maximum atomic E-state index is 12.9. The molecule has 3 aromatic rings. The summed E-state index contributed by atoms with van der Waals surface area (Å²) in [5.41, 5.74) is 0.604. The number of nitrogens with zero attached hydrogens (tertiary/aromatic N) is 2. The van der Waals surface area contributed by atoms with E-state index in [1.165, 1.54) is 36.4 Å². The average molecular weight is 348 g/mol. The van der Waals surface area contributed by atoms with Crippen molar-refractivity contribution in [3.8, 4) is 17.2 Å². The lowest BCUT2D eigenvalue weighted by Crippen LogP contribution is -1.99. The molecule has 1 heterocycles. The maximum Gasteiger partial charge on any atom is 0.258 e. The molecule has 0 N–H and O–H groups in total. The third kappa shape index (κ3) is 3.77. The molecule has 3 rings (SSSR count). The minimum absolute atomic E-state index is 0.0584. The van der Waals surface area contributed by atoms with Gasteiger partial charge < -0.3 is 9.26 Å². The van der Waals surface area contributed by atoms with Gasteiger partial charge in [-0.15, -0.1) is 0 Å². The number of halogens is 1. The molecule has 24 heavy (non-hydrogen) atoms. The molecular weight excluding hydrogens is 335 g/mol. The van der Waals surface area contributed by atoms with Gasteiger partial charge in [0.05, 0.1) is 4.90 Å². The van der Waals surface area contributed by atoms with Crippen LogP contribution in [-0.2, 0) is 16.4 Å². The Bertz CT molecular complexity index is 935. The van der Waals surface area contributed by atoms with Crippen LogP contribution in [0.15, 0.2) is 57.9 Å². The van der Waals surface area contributed by atoms with E-state index >= 15 is 0 Å². The predicted octanol–water partition coefficient (Wildman–Crippen LogP) is 2.86. The van der Waals surface area contributed by atoms with Crippen molar-refractivity contribution in [3.05, 3.63) is 60.2 Å². The summed E-state index contributed by atoms with van der Waals surface area (Å²) in [7, 11) is -3.24. The van der Waals surface area contributed by atoms with E-state index in [2.05, 4.69) is 10.1 Å². The zero-order valence-corrected chi connectivity index (χ0v) is 13.5. The third-order valence-corrected chi connectivity index (χ3v) is 4.31. The summed E-state index contributed by atoms with van der Waals surface area (Å²) in [6, 6.07) is 11.7. The lowest BCUT2D eigenvalue weighted by atomic mass is 10.2. The van der Waals surface area contributed by atoms with Crippen molar-refractivity contribution in [2.75, 3.05) is 6.26 Å². The van der Waals surface area contributed by atoms with E-state index in [4.69, 9.17) is 9.26 Å².